The highest BCUT2D eigenvalue weighted by Gasteiger charge is 2.38. The van der Waals surface area contributed by atoms with Gasteiger partial charge in [0.2, 0.25) is 0 Å². The van der Waals surface area contributed by atoms with Crippen molar-refractivity contribution in [3.05, 3.63) is 36.0 Å². The van der Waals surface area contributed by atoms with Gasteiger partial charge in [0, 0.05) is 17.7 Å². The third-order valence-corrected chi connectivity index (χ3v) is 2.66. The molecule has 0 aromatic heterocycles. The first-order chi connectivity index (χ1) is 7.25. The maximum absolute atomic E-state index is 11.8. The summed E-state index contributed by atoms with van der Waals surface area (Å²) in [4.78, 5) is 24.9. The Kier molecular flexibility index (Phi) is 2.54. The largest absolute Gasteiger partial charge is 0.274 e. The van der Waals surface area contributed by atoms with Gasteiger partial charge in [0.15, 0.2) is 0 Å². The molecule has 0 N–H and O–H groups in total. The van der Waals surface area contributed by atoms with E-state index in [0.717, 1.165) is 12.8 Å². The molecule has 1 aliphatic heterocycles. The second kappa shape index (κ2) is 3.85. The first-order valence-corrected chi connectivity index (χ1v) is 5.13. The van der Waals surface area contributed by atoms with Crippen molar-refractivity contribution >= 4 is 11.8 Å². The molecule has 2 aliphatic rings. The lowest BCUT2D eigenvalue weighted by molar-refractivity contribution is -0.136. The van der Waals surface area contributed by atoms with Gasteiger partial charge in [-0.3, -0.25) is 14.5 Å². The Labute approximate surface area is 88.8 Å². The highest BCUT2D eigenvalue weighted by Crippen LogP contribution is 2.29. The lowest BCUT2D eigenvalue weighted by atomic mass is 10.0. The summed E-state index contributed by atoms with van der Waals surface area (Å²) < 4.78 is 0. The molecule has 2 amide bonds. The van der Waals surface area contributed by atoms with Crippen LogP contribution in [0.4, 0.5) is 0 Å². The topological polar surface area (TPSA) is 37.4 Å². The summed E-state index contributed by atoms with van der Waals surface area (Å²) in [5, 5.41) is 0. The van der Waals surface area contributed by atoms with E-state index in [2.05, 4.69) is 6.58 Å². The molecule has 2 rings (SSSR count). The zero-order valence-electron chi connectivity index (χ0n) is 8.53. The third kappa shape index (κ3) is 1.54. The van der Waals surface area contributed by atoms with Crippen molar-refractivity contribution < 1.29 is 9.59 Å². The van der Waals surface area contributed by atoms with E-state index in [0.29, 0.717) is 24.1 Å². The molecule has 1 aliphatic carbocycles. The van der Waals surface area contributed by atoms with Crippen molar-refractivity contribution in [2.75, 3.05) is 6.54 Å². The molecule has 1 fully saturated rings. The lowest BCUT2D eigenvalue weighted by Gasteiger charge is -2.10. The van der Waals surface area contributed by atoms with Crippen molar-refractivity contribution in [1.82, 2.24) is 4.90 Å². The monoisotopic (exact) mass is 203 g/mol. The Bertz CT molecular complexity index is 358. The van der Waals surface area contributed by atoms with Crippen LogP contribution >= 0.6 is 0 Å². The molecule has 0 aromatic rings. The number of allylic oxidation sites excluding steroid dienone is 2. The highest BCUT2D eigenvalue weighted by molar-refractivity contribution is 6.24. The second-order valence-corrected chi connectivity index (χ2v) is 3.65. The van der Waals surface area contributed by atoms with Crippen LogP contribution in [0.3, 0.4) is 0 Å². The minimum atomic E-state index is -0.146. The maximum Gasteiger partial charge on any atom is 0.261 e. The molecule has 15 heavy (non-hydrogen) atoms. The van der Waals surface area contributed by atoms with Gasteiger partial charge in [0.25, 0.3) is 11.8 Å². The van der Waals surface area contributed by atoms with Crippen LogP contribution in [0.5, 0.6) is 0 Å². The van der Waals surface area contributed by atoms with Gasteiger partial charge in [0.05, 0.1) is 0 Å². The van der Waals surface area contributed by atoms with Gasteiger partial charge in [-0.15, -0.1) is 6.58 Å². The van der Waals surface area contributed by atoms with E-state index in [9.17, 15) is 9.59 Å². The van der Waals surface area contributed by atoms with Crippen LogP contribution in [0.1, 0.15) is 19.3 Å². The number of hydrogen-bond acceptors (Lipinski definition) is 2. The fourth-order valence-electron chi connectivity index (χ4n) is 1.89. The quantitative estimate of drug-likeness (QED) is 0.516. The van der Waals surface area contributed by atoms with E-state index in [4.69, 9.17) is 0 Å². The zero-order valence-corrected chi connectivity index (χ0v) is 8.53. The molecule has 0 aromatic carbocycles. The summed E-state index contributed by atoms with van der Waals surface area (Å²) in [6.45, 7) is 4.02. The number of likely N-dealkylation sites (tertiary alicyclic amines) is 1. The first kappa shape index (κ1) is 9.90. The summed E-state index contributed by atoms with van der Waals surface area (Å²) in [5.41, 5.74) is 1.19. The molecule has 1 heterocycles. The summed E-state index contributed by atoms with van der Waals surface area (Å²) >= 11 is 0. The van der Waals surface area contributed by atoms with Gasteiger partial charge in [-0.25, -0.2) is 0 Å². The number of amides is 2. The summed E-state index contributed by atoms with van der Waals surface area (Å²) in [6.07, 6.45) is 7.80. The fraction of sp³-hybridized carbons (Fsp3) is 0.333. The van der Waals surface area contributed by atoms with Crippen molar-refractivity contribution in [3.8, 4) is 0 Å². The number of fused-ring (bicyclic) bond motifs is 1. The van der Waals surface area contributed by atoms with Crippen LogP contribution in [0.25, 0.3) is 0 Å². The van der Waals surface area contributed by atoms with E-state index < -0.39 is 0 Å². The van der Waals surface area contributed by atoms with Crippen LogP contribution < -0.4 is 0 Å². The summed E-state index contributed by atoms with van der Waals surface area (Å²) in [5.74, 6) is -0.291. The Morgan fingerprint density at radius 1 is 1.20 bits per heavy atom. The Morgan fingerprint density at radius 2 is 1.73 bits per heavy atom. The molecular formula is C12H13NO2. The van der Waals surface area contributed by atoms with Crippen molar-refractivity contribution in [2.45, 2.75) is 19.3 Å². The summed E-state index contributed by atoms with van der Waals surface area (Å²) in [6, 6.07) is 0. The van der Waals surface area contributed by atoms with Crippen LogP contribution in [-0.4, -0.2) is 23.3 Å². The van der Waals surface area contributed by atoms with Crippen LogP contribution in [0.15, 0.2) is 36.0 Å². The zero-order chi connectivity index (χ0) is 10.8. The van der Waals surface area contributed by atoms with E-state index in [1.807, 2.05) is 12.2 Å². The van der Waals surface area contributed by atoms with Crippen LogP contribution in [0, 0.1) is 0 Å². The molecule has 0 unspecified atom stereocenters. The molecule has 0 spiro atoms. The Balaban J connectivity index is 2.26. The molecule has 0 atom stereocenters. The smallest absolute Gasteiger partial charge is 0.261 e. The average Bonchev–Trinajstić information content (AvgIpc) is 2.51. The van der Waals surface area contributed by atoms with Gasteiger partial charge in [-0.05, 0) is 19.3 Å². The number of carbonyl (C=O) groups is 2. The minimum Gasteiger partial charge on any atom is -0.274 e. The third-order valence-electron chi connectivity index (χ3n) is 2.66. The second-order valence-electron chi connectivity index (χ2n) is 3.65. The molecule has 3 heteroatoms. The van der Waals surface area contributed by atoms with Gasteiger partial charge >= 0.3 is 0 Å². The molecule has 0 radical (unpaired) electrons. The molecule has 1 saturated heterocycles. The molecular weight excluding hydrogens is 190 g/mol. The van der Waals surface area contributed by atoms with E-state index in [1.165, 1.54) is 4.90 Å². The maximum atomic E-state index is 11.8. The number of carbonyl (C=O) groups excluding carboxylic acids is 2. The first-order valence-electron chi connectivity index (χ1n) is 5.13. The van der Waals surface area contributed by atoms with Crippen molar-refractivity contribution in [2.24, 2.45) is 0 Å². The number of nitrogens with zero attached hydrogens (tertiary/aromatic N) is 1. The summed E-state index contributed by atoms with van der Waals surface area (Å²) in [7, 11) is 0. The standard InChI is InChI=1S/C12H13NO2/c1-2-3-8-13-11(14)9-6-4-5-7-10(9)12(13)15/h2,6-7H,1,3-5,8H2. The highest BCUT2D eigenvalue weighted by atomic mass is 16.2. The number of imide groups is 1. The van der Waals surface area contributed by atoms with Gasteiger partial charge in [0.1, 0.15) is 0 Å². The van der Waals surface area contributed by atoms with Gasteiger partial charge < -0.3 is 0 Å². The van der Waals surface area contributed by atoms with E-state index in [-0.39, 0.29) is 11.8 Å². The normalized spacial score (nSPS) is 19.9. The van der Waals surface area contributed by atoms with Crippen molar-refractivity contribution in [1.29, 1.82) is 0 Å². The minimum absolute atomic E-state index is 0.146. The number of hydrogen-bond donors (Lipinski definition) is 0. The lowest BCUT2D eigenvalue weighted by Crippen LogP contribution is -2.30. The SMILES string of the molecule is C=CCCN1C(=O)C2=CCCC=C2C1=O. The Hall–Kier alpha value is -1.64. The molecule has 78 valence electrons. The predicted molar refractivity (Wildman–Crippen MR) is 56.9 cm³/mol. The van der Waals surface area contributed by atoms with Crippen molar-refractivity contribution in [3.63, 3.8) is 0 Å². The van der Waals surface area contributed by atoms with Gasteiger partial charge in [-0.2, -0.15) is 0 Å². The van der Waals surface area contributed by atoms with Crippen LogP contribution in [-0.2, 0) is 9.59 Å². The van der Waals surface area contributed by atoms with E-state index in [1.54, 1.807) is 6.08 Å². The average molecular weight is 203 g/mol. The Morgan fingerprint density at radius 3 is 2.20 bits per heavy atom. The molecule has 3 nitrogen and oxygen atoms in total. The fourth-order valence-corrected chi connectivity index (χ4v) is 1.89. The molecule has 0 bridgehead atoms. The number of rotatable bonds is 3. The van der Waals surface area contributed by atoms with E-state index >= 15 is 0 Å². The molecule has 0 saturated carbocycles. The van der Waals surface area contributed by atoms with Crippen LogP contribution in [0.2, 0.25) is 0 Å². The van der Waals surface area contributed by atoms with Gasteiger partial charge in [-0.1, -0.05) is 18.2 Å². The predicted octanol–water partition coefficient (Wildman–Crippen LogP) is 1.58.